The Bertz CT molecular complexity index is 807. The second-order valence-corrected chi connectivity index (χ2v) is 5.75. The standard InChI is InChI=1S/C16H15N3O4S/c1-21-11-6-10(7-12(8-11)22-2)9-17-15(20)16-18-14(19-23-16)13-4-3-5-24-13/h3-8H,9H2,1-2H3,(H,17,20). The predicted octanol–water partition coefficient (Wildman–Crippen LogP) is 2.75. The maximum absolute atomic E-state index is 12.1. The molecule has 0 atom stereocenters. The smallest absolute Gasteiger partial charge is 0.316 e. The third-order valence-corrected chi connectivity index (χ3v) is 4.09. The second-order valence-electron chi connectivity index (χ2n) is 4.80. The average Bonchev–Trinajstić information content (AvgIpc) is 3.30. The first kappa shape index (κ1) is 16.0. The van der Waals surface area contributed by atoms with Crippen LogP contribution in [-0.2, 0) is 6.54 Å². The minimum atomic E-state index is -0.438. The first-order valence-corrected chi connectivity index (χ1v) is 7.95. The van der Waals surface area contributed by atoms with Gasteiger partial charge in [-0.3, -0.25) is 4.79 Å². The molecule has 1 N–H and O–H groups in total. The van der Waals surface area contributed by atoms with Crippen LogP contribution in [0.2, 0.25) is 0 Å². The second kappa shape index (κ2) is 7.14. The van der Waals surface area contributed by atoms with E-state index in [1.54, 1.807) is 20.3 Å². The van der Waals surface area contributed by atoms with Crippen LogP contribution in [0.25, 0.3) is 10.7 Å². The first-order chi connectivity index (χ1) is 11.7. The molecule has 7 nitrogen and oxygen atoms in total. The molecule has 1 aromatic carbocycles. The predicted molar refractivity (Wildman–Crippen MR) is 88.3 cm³/mol. The molecule has 0 saturated carbocycles. The van der Waals surface area contributed by atoms with E-state index in [4.69, 9.17) is 14.0 Å². The molecule has 0 unspecified atom stereocenters. The minimum absolute atomic E-state index is 0.0757. The number of aromatic nitrogens is 2. The van der Waals surface area contributed by atoms with E-state index in [0.29, 0.717) is 17.3 Å². The molecule has 0 saturated heterocycles. The average molecular weight is 345 g/mol. The van der Waals surface area contributed by atoms with Gasteiger partial charge in [0.05, 0.1) is 19.1 Å². The van der Waals surface area contributed by atoms with E-state index in [-0.39, 0.29) is 12.4 Å². The van der Waals surface area contributed by atoms with Crippen molar-refractivity contribution in [3.63, 3.8) is 0 Å². The van der Waals surface area contributed by atoms with Crippen molar-refractivity contribution in [3.8, 4) is 22.2 Å². The number of amides is 1. The number of rotatable bonds is 6. The Balaban J connectivity index is 1.67. The summed E-state index contributed by atoms with van der Waals surface area (Å²) in [5, 5.41) is 8.45. The molecule has 0 aliphatic rings. The van der Waals surface area contributed by atoms with Crippen LogP contribution in [0.5, 0.6) is 11.5 Å². The Labute approximate surface area is 142 Å². The summed E-state index contributed by atoms with van der Waals surface area (Å²) in [4.78, 5) is 17.1. The SMILES string of the molecule is COc1cc(CNC(=O)c2nc(-c3cccs3)no2)cc(OC)c1. The van der Waals surface area contributed by atoms with Crippen molar-refractivity contribution in [1.29, 1.82) is 0 Å². The van der Waals surface area contributed by atoms with Gasteiger partial charge in [0.2, 0.25) is 5.82 Å². The summed E-state index contributed by atoms with van der Waals surface area (Å²) in [7, 11) is 3.14. The van der Waals surface area contributed by atoms with Crippen LogP contribution in [0, 0.1) is 0 Å². The number of ether oxygens (including phenoxy) is 2. The molecule has 0 spiro atoms. The van der Waals surface area contributed by atoms with Crippen LogP contribution in [-0.4, -0.2) is 30.3 Å². The molecule has 8 heteroatoms. The Morgan fingerprint density at radius 2 is 2.00 bits per heavy atom. The van der Waals surface area contributed by atoms with E-state index < -0.39 is 5.91 Å². The number of nitrogens with one attached hydrogen (secondary N) is 1. The number of carbonyl (C=O) groups is 1. The highest BCUT2D eigenvalue weighted by Crippen LogP contribution is 2.23. The molecule has 3 rings (SSSR count). The molecule has 0 radical (unpaired) electrons. The van der Waals surface area contributed by atoms with Crippen LogP contribution < -0.4 is 14.8 Å². The number of carbonyl (C=O) groups excluding carboxylic acids is 1. The molecule has 0 aliphatic heterocycles. The number of nitrogens with zero attached hydrogens (tertiary/aromatic N) is 2. The lowest BCUT2D eigenvalue weighted by Gasteiger charge is -2.08. The largest absolute Gasteiger partial charge is 0.497 e. The molecule has 0 fully saturated rings. The van der Waals surface area contributed by atoms with Crippen LogP contribution in [0.1, 0.15) is 16.2 Å². The van der Waals surface area contributed by atoms with Gasteiger partial charge in [0.15, 0.2) is 0 Å². The molecule has 2 heterocycles. The Kier molecular flexibility index (Phi) is 4.76. The van der Waals surface area contributed by atoms with Crippen molar-refractivity contribution in [2.45, 2.75) is 6.54 Å². The fourth-order valence-electron chi connectivity index (χ4n) is 2.05. The zero-order valence-electron chi connectivity index (χ0n) is 13.1. The lowest BCUT2D eigenvalue weighted by Crippen LogP contribution is -2.23. The fraction of sp³-hybridized carbons (Fsp3) is 0.188. The molecule has 0 bridgehead atoms. The van der Waals surface area contributed by atoms with Gasteiger partial charge >= 0.3 is 11.8 Å². The highest BCUT2D eigenvalue weighted by Gasteiger charge is 2.16. The maximum Gasteiger partial charge on any atom is 0.316 e. The first-order valence-electron chi connectivity index (χ1n) is 7.07. The summed E-state index contributed by atoms with van der Waals surface area (Å²) < 4.78 is 15.4. The molecular weight excluding hydrogens is 330 g/mol. The Morgan fingerprint density at radius 3 is 2.62 bits per heavy atom. The van der Waals surface area contributed by atoms with Crippen molar-refractivity contribution in [2.75, 3.05) is 14.2 Å². The van der Waals surface area contributed by atoms with E-state index in [0.717, 1.165) is 10.4 Å². The summed E-state index contributed by atoms with van der Waals surface area (Å²) in [5.74, 6) is 1.19. The molecule has 0 aliphatic carbocycles. The van der Waals surface area contributed by atoms with Crippen molar-refractivity contribution in [2.24, 2.45) is 0 Å². The summed E-state index contributed by atoms with van der Waals surface area (Å²) in [6.07, 6.45) is 0. The van der Waals surface area contributed by atoms with E-state index in [2.05, 4.69) is 15.5 Å². The number of hydrogen-bond acceptors (Lipinski definition) is 7. The van der Waals surface area contributed by atoms with E-state index in [1.807, 2.05) is 29.6 Å². The number of methoxy groups -OCH3 is 2. The fourth-order valence-corrected chi connectivity index (χ4v) is 2.70. The molecule has 24 heavy (non-hydrogen) atoms. The van der Waals surface area contributed by atoms with Crippen molar-refractivity contribution in [1.82, 2.24) is 15.5 Å². The van der Waals surface area contributed by atoms with Crippen LogP contribution in [0.3, 0.4) is 0 Å². The van der Waals surface area contributed by atoms with E-state index in [9.17, 15) is 4.79 Å². The van der Waals surface area contributed by atoms with Crippen molar-refractivity contribution >= 4 is 17.2 Å². The highest BCUT2D eigenvalue weighted by atomic mass is 32.1. The van der Waals surface area contributed by atoms with Crippen LogP contribution >= 0.6 is 11.3 Å². The van der Waals surface area contributed by atoms with Gasteiger partial charge in [0.25, 0.3) is 0 Å². The summed E-state index contributed by atoms with van der Waals surface area (Å²) >= 11 is 1.47. The van der Waals surface area contributed by atoms with Gasteiger partial charge in [-0.05, 0) is 29.1 Å². The Hall–Kier alpha value is -2.87. The molecule has 1 amide bonds. The van der Waals surface area contributed by atoms with Crippen molar-refractivity contribution < 1.29 is 18.8 Å². The lowest BCUT2D eigenvalue weighted by molar-refractivity contribution is 0.0907. The quantitative estimate of drug-likeness (QED) is 0.739. The molecule has 3 aromatic rings. The van der Waals surface area contributed by atoms with Gasteiger partial charge in [0.1, 0.15) is 11.5 Å². The third-order valence-electron chi connectivity index (χ3n) is 3.23. The van der Waals surface area contributed by atoms with E-state index >= 15 is 0 Å². The zero-order chi connectivity index (χ0) is 16.9. The summed E-state index contributed by atoms with van der Waals surface area (Å²) in [6, 6.07) is 9.13. The van der Waals surface area contributed by atoms with Gasteiger partial charge in [-0.1, -0.05) is 11.2 Å². The van der Waals surface area contributed by atoms with Gasteiger partial charge in [-0.15, -0.1) is 11.3 Å². The zero-order valence-corrected chi connectivity index (χ0v) is 13.9. The minimum Gasteiger partial charge on any atom is -0.497 e. The van der Waals surface area contributed by atoms with Gasteiger partial charge in [0, 0.05) is 12.6 Å². The molecule has 2 aromatic heterocycles. The monoisotopic (exact) mass is 345 g/mol. The number of benzene rings is 1. The lowest BCUT2D eigenvalue weighted by atomic mass is 10.2. The van der Waals surface area contributed by atoms with Crippen molar-refractivity contribution in [3.05, 3.63) is 47.2 Å². The van der Waals surface area contributed by atoms with Crippen LogP contribution in [0.15, 0.2) is 40.2 Å². The third kappa shape index (κ3) is 3.54. The van der Waals surface area contributed by atoms with Gasteiger partial charge in [-0.2, -0.15) is 4.98 Å². The number of thiophene rings is 1. The van der Waals surface area contributed by atoms with Gasteiger partial charge in [-0.25, -0.2) is 0 Å². The number of hydrogen-bond donors (Lipinski definition) is 1. The Morgan fingerprint density at radius 1 is 1.25 bits per heavy atom. The van der Waals surface area contributed by atoms with E-state index in [1.165, 1.54) is 11.3 Å². The maximum atomic E-state index is 12.1. The molecular formula is C16H15N3O4S. The topological polar surface area (TPSA) is 86.5 Å². The van der Waals surface area contributed by atoms with Crippen LogP contribution in [0.4, 0.5) is 0 Å². The highest BCUT2D eigenvalue weighted by molar-refractivity contribution is 7.13. The summed E-state index contributed by atoms with van der Waals surface area (Å²) in [6.45, 7) is 0.281. The van der Waals surface area contributed by atoms with Gasteiger partial charge < -0.3 is 19.3 Å². The summed E-state index contributed by atoms with van der Waals surface area (Å²) in [5.41, 5.74) is 0.831. The molecule has 124 valence electrons. The normalized spacial score (nSPS) is 10.4.